The Labute approximate surface area is 118 Å². The number of hydrogen-bond donors (Lipinski definition) is 1. The minimum absolute atomic E-state index is 0.937. The van der Waals surface area contributed by atoms with Gasteiger partial charge in [0.2, 0.25) is 0 Å². The van der Waals surface area contributed by atoms with Crippen LogP contribution in [0, 0.1) is 0 Å². The number of aromatic nitrogens is 1. The van der Waals surface area contributed by atoms with E-state index in [1.165, 1.54) is 11.9 Å². The van der Waals surface area contributed by atoms with Gasteiger partial charge in [-0.2, -0.15) is 0 Å². The fourth-order valence-corrected chi connectivity index (χ4v) is 3.01. The molecule has 19 heavy (non-hydrogen) atoms. The lowest BCUT2D eigenvalue weighted by molar-refractivity contribution is 0.383. The van der Waals surface area contributed by atoms with Gasteiger partial charge in [-0.1, -0.05) is 6.58 Å². The Balaban J connectivity index is 1.69. The number of hydrogen-bond acceptors (Lipinski definition) is 5. The van der Waals surface area contributed by atoms with Gasteiger partial charge in [0.25, 0.3) is 0 Å². The van der Waals surface area contributed by atoms with Crippen LogP contribution in [0.15, 0.2) is 41.0 Å². The predicted octanol–water partition coefficient (Wildman–Crippen LogP) is 1.58. The fourth-order valence-electron chi connectivity index (χ4n) is 2.75. The Kier molecular flexibility index (Phi) is 3.35. The summed E-state index contributed by atoms with van der Waals surface area (Å²) in [5, 5.41) is 5.51. The van der Waals surface area contributed by atoms with Crippen LogP contribution in [0.2, 0.25) is 0 Å². The number of likely N-dealkylation sites (N-methyl/N-ethyl adjacent to an activating group) is 1. The molecular weight excluding hydrogens is 256 g/mol. The van der Waals surface area contributed by atoms with Crippen LogP contribution in [-0.4, -0.2) is 48.0 Å². The molecule has 2 N–H and O–H groups in total. The van der Waals surface area contributed by atoms with Gasteiger partial charge in [0.05, 0.1) is 11.4 Å². The van der Waals surface area contributed by atoms with Crippen LogP contribution in [0.25, 0.3) is 5.70 Å². The molecule has 2 aliphatic heterocycles. The maximum Gasteiger partial charge on any atom is 0.0857 e. The van der Waals surface area contributed by atoms with Crippen LogP contribution < -0.4 is 5.14 Å². The molecular formula is C14H18N4S. The van der Waals surface area contributed by atoms with Crippen molar-refractivity contribution in [2.75, 3.05) is 33.2 Å². The monoisotopic (exact) mass is 274 g/mol. The van der Waals surface area contributed by atoms with Crippen molar-refractivity contribution in [3.63, 3.8) is 0 Å². The van der Waals surface area contributed by atoms with Crippen molar-refractivity contribution in [3.8, 4) is 0 Å². The first-order valence-electron chi connectivity index (χ1n) is 6.32. The van der Waals surface area contributed by atoms with Gasteiger partial charge in [0.1, 0.15) is 0 Å². The highest BCUT2D eigenvalue weighted by molar-refractivity contribution is 7.97. The summed E-state index contributed by atoms with van der Waals surface area (Å²) in [5.74, 6) is 0. The van der Waals surface area contributed by atoms with Crippen molar-refractivity contribution in [1.82, 2.24) is 14.8 Å². The topological polar surface area (TPSA) is 45.4 Å². The third-order valence-corrected chi connectivity index (χ3v) is 4.25. The summed E-state index contributed by atoms with van der Waals surface area (Å²) >= 11 is 1.22. The normalized spacial score (nSPS) is 19.2. The second-order valence-electron chi connectivity index (χ2n) is 5.18. The van der Waals surface area contributed by atoms with Crippen LogP contribution in [0.5, 0.6) is 0 Å². The Bertz CT molecular complexity index is 517. The predicted molar refractivity (Wildman–Crippen MR) is 79.4 cm³/mol. The fraction of sp³-hybridized carbons (Fsp3) is 0.357. The van der Waals surface area contributed by atoms with Gasteiger partial charge < -0.3 is 4.90 Å². The van der Waals surface area contributed by atoms with E-state index in [9.17, 15) is 0 Å². The molecule has 0 amide bonds. The summed E-state index contributed by atoms with van der Waals surface area (Å²) in [7, 11) is 2.17. The molecule has 3 rings (SSSR count). The first-order chi connectivity index (χ1) is 9.17. The molecule has 0 atom stereocenters. The lowest BCUT2D eigenvalue weighted by atomic mass is 10.2. The van der Waals surface area contributed by atoms with Crippen molar-refractivity contribution in [2.24, 2.45) is 5.14 Å². The molecule has 3 heterocycles. The van der Waals surface area contributed by atoms with E-state index in [0.717, 1.165) is 42.5 Å². The van der Waals surface area contributed by atoms with Crippen molar-refractivity contribution >= 4 is 17.6 Å². The lowest BCUT2D eigenvalue weighted by Gasteiger charge is -2.24. The quantitative estimate of drug-likeness (QED) is 0.670. The van der Waals surface area contributed by atoms with E-state index < -0.39 is 0 Å². The van der Waals surface area contributed by atoms with Crippen LogP contribution in [0.4, 0.5) is 0 Å². The first-order valence-corrected chi connectivity index (χ1v) is 7.20. The SMILES string of the molecule is C=C(c1ccc(SN)cn1)N1CC2=C(CN(C)C2)C1. The molecule has 0 radical (unpaired) electrons. The molecule has 0 saturated carbocycles. The van der Waals surface area contributed by atoms with E-state index in [1.54, 1.807) is 17.3 Å². The average molecular weight is 274 g/mol. The van der Waals surface area contributed by atoms with E-state index in [1.807, 2.05) is 12.1 Å². The van der Waals surface area contributed by atoms with E-state index in [4.69, 9.17) is 5.14 Å². The van der Waals surface area contributed by atoms with Gasteiger partial charge in [-0.05, 0) is 42.3 Å². The Morgan fingerprint density at radius 2 is 1.95 bits per heavy atom. The number of rotatable bonds is 3. The summed E-state index contributed by atoms with van der Waals surface area (Å²) < 4.78 is 0. The maximum absolute atomic E-state index is 5.51. The molecule has 5 heteroatoms. The van der Waals surface area contributed by atoms with Gasteiger partial charge in [0, 0.05) is 37.3 Å². The number of pyridine rings is 1. The highest BCUT2D eigenvalue weighted by atomic mass is 32.2. The molecule has 0 fully saturated rings. The van der Waals surface area contributed by atoms with Gasteiger partial charge >= 0.3 is 0 Å². The molecule has 100 valence electrons. The molecule has 2 aliphatic rings. The number of nitrogens with zero attached hydrogens (tertiary/aromatic N) is 3. The summed E-state index contributed by atoms with van der Waals surface area (Å²) in [5.41, 5.74) is 5.05. The van der Waals surface area contributed by atoms with Crippen LogP contribution in [0.3, 0.4) is 0 Å². The van der Waals surface area contributed by atoms with E-state index >= 15 is 0 Å². The van der Waals surface area contributed by atoms with Crippen molar-refractivity contribution in [2.45, 2.75) is 4.90 Å². The molecule has 1 aromatic heterocycles. The smallest absolute Gasteiger partial charge is 0.0857 e. The molecule has 0 aliphatic carbocycles. The highest BCUT2D eigenvalue weighted by Gasteiger charge is 2.29. The van der Waals surface area contributed by atoms with Gasteiger partial charge in [-0.15, -0.1) is 0 Å². The van der Waals surface area contributed by atoms with Gasteiger partial charge in [-0.25, -0.2) is 0 Å². The van der Waals surface area contributed by atoms with E-state index in [2.05, 4.69) is 28.4 Å². The Morgan fingerprint density at radius 3 is 2.47 bits per heavy atom. The van der Waals surface area contributed by atoms with E-state index in [-0.39, 0.29) is 0 Å². The second-order valence-corrected chi connectivity index (χ2v) is 5.89. The van der Waals surface area contributed by atoms with Crippen molar-refractivity contribution < 1.29 is 0 Å². The molecule has 1 aromatic rings. The average Bonchev–Trinajstić information content (AvgIpc) is 2.95. The Hall–Kier alpha value is -1.30. The zero-order chi connectivity index (χ0) is 13.4. The molecule has 0 bridgehead atoms. The van der Waals surface area contributed by atoms with E-state index in [0.29, 0.717) is 0 Å². The standard InChI is InChI=1S/C14H18N4S/c1-10(14-4-3-13(19-15)5-16-14)18-8-11-6-17(2)7-12(11)9-18/h3-5H,1,6-9,15H2,2H3. The van der Waals surface area contributed by atoms with Gasteiger partial charge in [-0.3, -0.25) is 15.0 Å². The van der Waals surface area contributed by atoms with Crippen molar-refractivity contribution in [3.05, 3.63) is 41.7 Å². The summed E-state index contributed by atoms with van der Waals surface area (Å²) in [6.45, 7) is 8.37. The van der Waals surface area contributed by atoms with Crippen LogP contribution in [-0.2, 0) is 0 Å². The molecule has 0 spiro atoms. The second kappa shape index (κ2) is 5.00. The van der Waals surface area contributed by atoms with Gasteiger partial charge in [0.15, 0.2) is 0 Å². The molecule has 4 nitrogen and oxygen atoms in total. The maximum atomic E-state index is 5.51. The summed E-state index contributed by atoms with van der Waals surface area (Å²) in [6, 6.07) is 3.98. The molecule has 0 saturated heterocycles. The number of nitrogens with two attached hydrogens (primary N) is 1. The lowest BCUT2D eigenvalue weighted by Crippen LogP contribution is -2.26. The van der Waals surface area contributed by atoms with Crippen molar-refractivity contribution in [1.29, 1.82) is 0 Å². The zero-order valence-corrected chi connectivity index (χ0v) is 11.9. The largest absolute Gasteiger partial charge is 0.362 e. The third kappa shape index (κ3) is 2.41. The highest BCUT2D eigenvalue weighted by Crippen LogP contribution is 2.29. The summed E-state index contributed by atoms with van der Waals surface area (Å²) in [4.78, 5) is 10.1. The van der Waals surface area contributed by atoms with Crippen LogP contribution >= 0.6 is 11.9 Å². The first kappa shape index (κ1) is 12.7. The Morgan fingerprint density at radius 1 is 1.26 bits per heavy atom. The minimum atomic E-state index is 0.937. The summed E-state index contributed by atoms with van der Waals surface area (Å²) in [6.07, 6.45) is 1.80. The molecule has 0 aromatic carbocycles. The minimum Gasteiger partial charge on any atom is -0.362 e. The third-order valence-electron chi connectivity index (χ3n) is 3.73. The van der Waals surface area contributed by atoms with Crippen LogP contribution in [0.1, 0.15) is 5.69 Å². The molecule has 0 unspecified atom stereocenters. The zero-order valence-electron chi connectivity index (χ0n) is 11.1.